The van der Waals surface area contributed by atoms with Gasteiger partial charge in [0.25, 0.3) is 0 Å². The molecule has 6 nitrogen and oxygen atoms in total. The molecule has 1 aromatic heterocycles. The van der Waals surface area contributed by atoms with Crippen molar-refractivity contribution in [2.45, 2.75) is 26.3 Å². The van der Waals surface area contributed by atoms with Crippen LogP contribution in [0.25, 0.3) is 0 Å². The molecular formula is C11H17N3O3. The predicted octanol–water partition coefficient (Wildman–Crippen LogP) is 1.09. The van der Waals surface area contributed by atoms with Gasteiger partial charge in [0.05, 0.1) is 7.11 Å². The molecule has 1 heterocycles. The molecular weight excluding hydrogens is 222 g/mol. The van der Waals surface area contributed by atoms with E-state index in [1.54, 1.807) is 24.9 Å². The van der Waals surface area contributed by atoms with E-state index in [0.717, 1.165) is 0 Å². The maximum atomic E-state index is 11.1. The summed E-state index contributed by atoms with van der Waals surface area (Å²) in [7, 11) is 3.21. The molecule has 6 heteroatoms. The van der Waals surface area contributed by atoms with E-state index in [2.05, 4.69) is 9.97 Å². The van der Waals surface area contributed by atoms with E-state index in [1.165, 1.54) is 7.11 Å². The molecule has 0 saturated heterocycles. The summed E-state index contributed by atoms with van der Waals surface area (Å²) in [4.78, 5) is 20.9. The Morgan fingerprint density at radius 3 is 2.71 bits per heavy atom. The average Bonchev–Trinajstić information content (AvgIpc) is 2.28. The minimum atomic E-state index is -0.870. The number of aliphatic carboxylic acids is 1. The Morgan fingerprint density at radius 2 is 2.24 bits per heavy atom. The van der Waals surface area contributed by atoms with Crippen molar-refractivity contribution >= 4 is 11.8 Å². The molecule has 94 valence electrons. The van der Waals surface area contributed by atoms with Gasteiger partial charge in [-0.3, -0.25) is 0 Å². The van der Waals surface area contributed by atoms with Crippen LogP contribution in [0.3, 0.4) is 0 Å². The lowest BCUT2D eigenvalue weighted by Crippen LogP contribution is -2.38. The zero-order valence-corrected chi connectivity index (χ0v) is 10.5. The molecule has 1 unspecified atom stereocenters. The van der Waals surface area contributed by atoms with Gasteiger partial charge in [0.2, 0.25) is 5.88 Å². The topological polar surface area (TPSA) is 75.5 Å². The van der Waals surface area contributed by atoms with Gasteiger partial charge in [-0.1, -0.05) is 6.92 Å². The molecule has 0 spiro atoms. The van der Waals surface area contributed by atoms with Crippen LogP contribution in [0.1, 0.15) is 19.2 Å². The van der Waals surface area contributed by atoms with E-state index in [9.17, 15) is 4.79 Å². The van der Waals surface area contributed by atoms with Gasteiger partial charge < -0.3 is 14.7 Å². The number of carboxylic acid groups (broad SMARTS) is 1. The molecule has 17 heavy (non-hydrogen) atoms. The number of anilines is 1. The fraction of sp³-hybridized carbons (Fsp3) is 0.545. The largest absolute Gasteiger partial charge is 0.481 e. The minimum absolute atomic E-state index is 0.430. The Labute approximate surface area is 100 Å². The first-order valence-electron chi connectivity index (χ1n) is 5.34. The van der Waals surface area contributed by atoms with Crippen molar-refractivity contribution in [3.05, 3.63) is 11.9 Å². The van der Waals surface area contributed by atoms with E-state index < -0.39 is 12.0 Å². The third-order valence-corrected chi connectivity index (χ3v) is 2.51. The third kappa shape index (κ3) is 3.05. The lowest BCUT2D eigenvalue weighted by Gasteiger charge is -2.25. The summed E-state index contributed by atoms with van der Waals surface area (Å²) in [5.74, 6) is 0.653. The SMILES string of the molecule is CCC(C(=O)O)N(C)c1cc(OC)nc(C)n1. The quantitative estimate of drug-likeness (QED) is 0.829. The van der Waals surface area contributed by atoms with Crippen LogP contribution in [0.2, 0.25) is 0 Å². The molecule has 1 N–H and O–H groups in total. The molecule has 0 saturated carbocycles. The van der Waals surface area contributed by atoms with Crippen LogP contribution in [-0.2, 0) is 4.79 Å². The van der Waals surface area contributed by atoms with Crippen LogP contribution in [-0.4, -0.2) is 41.2 Å². The summed E-state index contributed by atoms with van der Waals surface area (Å²) in [6.07, 6.45) is 0.497. The Kier molecular flexibility index (Phi) is 4.25. The molecule has 1 rings (SSSR count). The smallest absolute Gasteiger partial charge is 0.326 e. The minimum Gasteiger partial charge on any atom is -0.481 e. The second-order valence-corrected chi connectivity index (χ2v) is 3.69. The number of aromatic nitrogens is 2. The number of carboxylic acids is 1. The summed E-state index contributed by atoms with van der Waals surface area (Å²) in [6, 6.07) is 1.02. The molecule has 0 aliphatic carbocycles. The lowest BCUT2D eigenvalue weighted by atomic mass is 10.2. The van der Waals surface area contributed by atoms with Gasteiger partial charge in [0.1, 0.15) is 17.7 Å². The van der Waals surface area contributed by atoms with Crippen molar-refractivity contribution in [1.29, 1.82) is 0 Å². The van der Waals surface area contributed by atoms with Gasteiger partial charge in [0, 0.05) is 13.1 Å². The van der Waals surface area contributed by atoms with E-state index in [0.29, 0.717) is 23.9 Å². The summed E-state index contributed by atoms with van der Waals surface area (Å²) < 4.78 is 5.03. The third-order valence-electron chi connectivity index (χ3n) is 2.51. The predicted molar refractivity (Wildman–Crippen MR) is 63.4 cm³/mol. The number of nitrogens with zero attached hydrogens (tertiary/aromatic N) is 3. The summed E-state index contributed by atoms with van der Waals surface area (Å²) in [6.45, 7) is 3.56. The van der Waals surface area contributed by atoms with Crippen LogP contribution >= 0.6 is 0 Å². The van der Waals surface area contributed by atoms with Gasteiger partial charge in [-0.2, -0.15) is 4.98 Å². The Balaban J connectivity index is 3.06. The number of hydrogen-bond acceptors (Lipinski definition) is 5. The van der Waals surface area contributed by atoms with Crippen LogP contribution in [0.15, 0.2) is 6.07 Å². The number of carbonyl (C=O) groups is 1. The molecule has 0 fully saturated rings. The second-order valence-electron chi connectivity index (χ2n) is 3.69. The fourth-order valence-corrected chi connectivity index (χ4v) is 1.58. The molecule has 0 radical (unpaired) electrons. The van der Waals surface area contributed by atoms with Crippen LogP contribution < -0.4 is 9.64 Å². The van der Waals surface area contributed by atoms with Gasteiger partial charge in [-0.15, -0.1) is 0 Å². The molecule has 1 aromatic rings. The maximum Gasteiger partial charge on any atom is 0.326 e. The van der Waals surface area contributed by atoms with E-state index in [4.69, 9.17) is 9.84 Å². The first-order chi connectivity index (χ1) is 7.99. The average molecular weight is 239 g/mol. The number of methoxy groups -OCH3 is 1. The van der Waals surface area contributed by atoms with Gasteiger partial charge in [-0.05, 0) is 13.3 Å². The molecule has 0 aromatic carbocycles. The number of likely N-dealkylation sites (N-methyl/N-ethyl adjacent to an activating group) is 1. The molecule has 0 amide bonds. The highest BCUT2D eigenvalue weighted by atomic mass is 16.5. The first kappa shape index (κ1) is 13.2. The molecule has 0 bridgehead atoms. The van der Waals surface area contributed by atoms with Gasteiger partial charge >= 0.3 is 5.97 Å². The molecule has 0 aliphatic heterocycles. The Bertz CT molecular complexity index is 409. The highest BCUT2D eigenvalue weighted by Gasteiger charge is 2.22. The standard InChI is InChI=1S/C11H17N3O3/c1-5-8(11(15)16)14(3)9-6-10(17-4)13-7(2)12-9/h6,8H,5H2,1-4H3,(H,15,16). The number of ether oxygens (including phenoxy) is 1. The summed E-state index contributed by atoms with van der Waals surface area (Å²) in [5.41, 5.74) is 0. The van der Waals surface area contributed by atoms with Crippen molar-refractivity contribution in [2.75, 3.05) is 19.1 Å². The van der Waals surface area contributed by atoms with Crippen LogP contribution in [0.5, 0.6) is 5.88 Å². The second kappa shape index (κ2) is 5.47. The van der Waals surface area contributed by atoms with Crippen molar-refractivity contribution in [1.82, 2.24) is 9.97 Å². The van der Waals surface area contributed by atoms with Gasteiger partial charge in [-0.25, -0.2) is 9.78 Å². The summed E-state index contributed by atoms with van der Waals surface area (Å²) >= 11 is 0. The zero-order chi connectivity index (χ0) is 13.0. The lowest BCUT2D eigenvalue weighted by molar-refractivity contribution is -0.138. The molecule has 0 aliphatic rings. The van der Waals surface area contributed by atoms with E-state index in [1.807, 2.05) is 6.92 Å². The van der Waals surface area contributed by atoms with Gasteiger partial charge in [0.15, 0.2) is 0 Å². The van der Waals surface area contributed by atoms with Crippen molar-refractivity contribution in [3.63, 3.8) is 0 Å². The number of aryl methyl sites for hydroxylation is 1. The highest BCUT2D eigenvalue weighted by Crippen LogP contribution is 2.19. The molecule has 1 atom stereocenters. The first-order valence-corrected chi connectivity index (χ1v) is 5.34. The Morgan fingerprint density at radius 1 is 1.59 bits per heavy atom. The van der Waals surface area contributed by atoms with E-state index in [-0.39, 0.29) is 0 Å². The van der Waals surface area contributed by atoms with Crippen molar-refractivity contribution < 1.29 is 14.6 Å². The normalized spacial score (nSPS) is 12.0. The van der Waals surface area contributed by atoms with Crippen molar-refractivity contribution in [2.24, 2.45) is 0 Å². The maximum absolute atomic E-state index is 11.1. The zero-order valence-electron chi connectivity index (χ0n) is 10.5. The van der Waals surface area contributed by atoms with Crippen LogP contribution in [0.4, 0.5) is 5.82 Å². The summed E-state index contributed by atoms with van der Waals surface area (Å²) in [5, 5.41) is 9.08. The monoisotopic (exact) mass is 239 g/mol. The Hall–Kier alpha value is -1.85. The number of rotatable bonds is 5. The fourth-order valence-electron chi connectivity index (χ4n) is 1.58. The van der Waals surface area contributed by atoms with Crippen molar-refractivity contribution in [3.8, 4) is 5.88 Å². The van der Waals surface area contributed by atoms with Crippen LogP contribution in [0, 0.1) is 6.92 Å². The highest BCUT2D eigenvalue weighted by molar-refractivity contribution is 5.77. The van der Waals surface area contributed by atoms with E-state index >= 15 is 0 Å². The number of hydrogen-bond donors (Lipinski definition) is 1.